The van der Waals surface area contributed by atoms with E-state index in [0.717, 1.165) is 22.4 Å². The Labute approximate surface area is 133 Å². The first kappa shape index (κ1) is 17.0. The average molecular weight is 323 g/mol. The molecule has 0 aliphatic carbocycles. The van der Waals surface area contributed by atoms with Crippen LogP contribution >= 0.6 is 0 Å². The van der Waals surface area contributed by atoms with Crippen LogP contribution in [0.15, 0.2) is 23.6 Å². The highest BCUT2D eigenvalue weighted by molar-refractivity contribution is 7.89. The van der Waals surface area contributed by atoms with Gasteiger partial charge in [-0.2, -0.15) is 4.31 Å². The first-order valence-corrected chi connectivity index (χ1v) is 8.93. The summed E-state index contributed by atoms with van der Waals surface area (Å²) in [7, 11) is -1.92. The van der Waals surface area contributed by atoms with Gasteiger partial charge in [-0.1, -0.05) is 19.9 Å². The average Bonchev–Trinajstić information content (AvgIpc) is 3.18. The minimum Gasteiger partial charge on any atom is -0.496 e. The van der Waals surface area contributed by atoms with Crippen molar-refractivity contribution in [3.8, 4) is 5.75 Å². The minimum atomic E-state index is -3.52. The van der Waals surface area contributed by atoms with Crippen molar-refractivity contribution in [2.75, 3.05) is 7.11 Å². The molecule has 1 heterocycles. The van der Waals surface area contributed by atoms with E-state index in [0.29, 0.717) is 4.90 Å². The summed E-state index contributed by atoms with van der Waals surface area (Å²) in [4.78, 5) is 0.404. The number of nitrogens with zero attached hydrogens (tertiary/aromatic N) is 1. The predicted molar refractivity (Wildman–Crippen MR) is 88.8 cm³/mol. The van der Waals surface area contributed by atoms with Crippen molar-refractivity contribution in [3.05, 3.63) is 35.4 Å². The molecule has 0 spiro atoms. The molecule has 5 heteroatoms. The summed E-state index contributed by atoms with van der Waals surface area (Å²) >= 11 is 0. The van der Waals surface area contributed by atoms with Gasteiger partial charge in [0.1, 0.15) is 5.75 Å². The van der Waals surface area contributed by atoms with Gasteiger partial charge in [-0.05, 0) is 49.4 Å². The number of sulfonamides is 1. The number of methoxy groups -OCH3 is 1. The summed E-state index contributed by atoms with van der Waals surface area (Å²) in [6, 6.07) is 1.70. The number of hydrogen-bond donors (Lipinski definition) is 0. The van der Waals surface area contributed by atoms with E-state index >= 15 is 0 Å². The van der Waals surface area contributed by atoms with E-state index in [1.165, 1.54) is 0 Å². The Kier molecular flexibility index (Phi) is 4.42. The number of benzene rings is 1. The topological polar surface area (TPSA) is 46.4 Å². The highest BCUT2D eigenvalue weighted by Crippen LogP contribution is 2.43. The second-order valence-corrected chi connectivity index (χ2v) is 8.05. The standard InChI is InChI=1S/C17H25NO3S/c1-8-14-16(10(2)3)18(14)22(19,20)17-11(4)9-15(21-7)12(5)13(17)6/h8-10,14,16H,1H2,2-7H3/t14-,16+,18?/m1/s1. The molecular formula is C17H25NO3S. The Morgan fingerprint density at radius 1 is 1.27 bits per heavy atom. The zero-order chi connectivity index (χ0) is 16.8. The lowest BCUT2D eigenvalue weighted by Crippen LogP contribution is -2.20. The Morgan fingerprint density at radius 2 is 1.86 bits per heavy atom. The van der Waals surface area contributed by atoms with Crippen molar-refractivity contribution in [2.45, 2.75) is 51.6 Å². The van der Waals surface area contributed by atoms with Crippen molar-refractivity contribution in [1.29, 1.82) is 0 Å². The van der Waals surface area contributed by atoms with Crippen LogP contribution in [0.5, 0.6) is 5.75 Å². The van der Waals surface area contributed by atoms with E-state index in [9.17, 15) is 8.42 Å². The normalized spacial score (nSPS) is 24.4. The van der Waals surface area contributed by atoms with Gasteiger partial charge < -0.3 is 4.74 Å². The first-order chi connectivity index (χ1) is 10.2. The lowest BCUT2D eigenvalue weighted by atomic mass is 10.1. The van der Waals surface area contributed by atoms with Gasteiger partial charge in [0.05, 0.1) is 18.0 Å². The van der Waals surface area contributed by atoms with Crippen LogP contribution in [0.3, 0.4) is 0 Å². The SMILES string of the molecule is C=C[C@@H]1[C@H](C(C)C)N1S(=O)(=O)c1c(C)cc(OC)c(C)c1C. The third-order valence-electron chi connectivity index (χ3n) is 4.51. The molecule has 0 N–H and O–H groups in total. The van der Waals surface area contributed by atoms with E-state index < -0.39 is 10.0 Å². The van der Waals surface area contributed by atoms with Crippen molar-refractivity contribution in [3.63, 3.8) is 0 Å². The molecular weight excluding hydrogens is 298 g/mol. The third kappa shape index (κ3) is 2.46. The molecule has 22 heavy (non-hydrogen) atoms. The quantitative estimate of drug-likeness (QED) is 0.617. The van der Waals surface area contributed by atoms with Crippen molar-refractivity contribution < 1.29 is 13.2 Å². The van der Waals surface area contributed by atoms with Crippen LogP contribution in [0.4, 0.5) is 0 Å². The van der Waals surface area contributed by atoms with Gasteiger partial charge in [-0.15, -0.1) is 6.58 Å². The molecule has 1 aromatic carbocycles. The highest BCUT2D eigenvalue weighted by atomic mass is 32.2. The van der Waals surface area contributed by atoms with Crippen LogP contribution in [0.25, 0.3) is 0 Å². The molecule has 122 valence electrons. The molecule has 0 bridgehead atoms. The lowest BCUT2D eigenvalue weighted by molar-refractivity contribution is 0.410. The zero-order valence-electron chi connectivity index (χ0n) is 14.2. The fourth-order valence-electron chi connectivity index (χ4n) is 3.23. The number of aryl methyl sites for hydroxylation is 1. The van der Waals surface area contributed by atoms with Gasteiger partial charge >= 0.3 is 0 Å². The molecule has 0 amide bonds. The van der Waals surface area contributed by atoms with Crippen LogP contribution < -0.4 is 4.74 Å². The first-order valence-electron chi connectivity index (χ1n) is 7.49. The van der Waals surface area contributed by atoms with Crippen LogP contribution in [-0.4, -0.2) is 31.9 Å². The van der Waals surface area contributed by atoms with Gasteiger partial charge in [-0.25, -0.2) is 8.42 Å². The van der Waals surface area contributed by atoms with Gasteiger partial charge in [-0.3, -0.25) is 0 Å². The Bertz CT molecular complexity index is 707. The molecule has 2 rings (SSSR count). The van der Waals surface area contributed by atoms with Crippen LogP contribution in [-0.2, 0) is 10.0 Å². The largest absolute Gasteiger partial charge is 0.496 e. The van der Waals surface area contributed by atoms with E-state index in [-0.39, 0.29) is 18.0 Å². The number of ether oxygens (including phenoxy) is 1. The molecule has 1 aliphatic heterocycles. The summed E-state index contributed by atoms with van der Waals surface area (Å²) in [5, 5.41) is 0. The van der Waals surface area contributed by atoms with E-state index in [1.54, 1.807) is 23.6 Å². The summed E-state index contributed by atoms with van der Waals surface area (Å²) in [6.07, 6.45) is 1.73. The van der Waals surface area contributed by atoms with E-state index in [2.05, 4.69) is 6.58 Å². The van der Waals surface area contributed by atoms with Gasteiger partial charge in [0, 0.05) is 6.04 Å². The molecule has 1 saturated heterocycles. The lowest BCUT2D eigenvalue weighted by Gasteiger charge is -2.17. The molecule has 4 nitrogen and oxygen atoms in total. The van der Waals surface area contributed by atoms with Crippen LogP contribution in [0.2, 0.25) is 0 Å². The van der Waals surface area contributed by atoms with Crippen molar-refractivity contribution >= 4 is 10.0 Å². The second-order valence-electron chi connectivity index (χ2n) is 6.27. The molecule has 0 aromatic heterocycles. The summed E-state index contributed by atoms with van der Waals surface area (Å²) < 4.78 is 33.1. The fraction of sp³-hybridized carbons (Fsp3) is 0.529. The van der Waals surface area contributed by atoms with E-state index in [4.69, 9.17) is 4.74 Å². The number of hydrogen-bond acceptors (Lipinski definition) is 3. The smallest absolute Gasteiger partial charge is 0.244 e. The Hall–Kier alpha value is -1.33. The molecule has 1 aliphatic rings. The molecule has 0 saturated carbocycles. The van der Waals surface area contributed by atoms with Crippen LogP contribution in [0, 0.1) is 26.7 Å². The summed E-state index contributed by atoms with van der Waals surface area (Å²) in [5.74, 6) is 0.984. The minimum absolute atomic E-state index is 0.00343. The van der Waals surface area contributed by atoms with Crippen molar-refractivity contribution in [1.82, 2.24) is 4.31 Å². The maximum Gasteiger partial charge on any atom is 0.244 e. The Morgan fingerprint density at radius 3 is 2.27 bits per heavy atom. The maximum atomic E-state index is 13.1. The monoisotopic (exact) mass is 323 g/mol. The number of rotatable bonds is 5. The van der Waals surface area contributed by atoms with E-state index in [1.807, 2.05) is 34.6 Å². The summed E-state index contributed by atoms with van der Waals surface area (Å²) in [6.45, 7) is 13.4. The third-order valence-corrected chi connectivity index (χ3v) is 6.69. The van der Waals surface area contributed by atoms with Gasteiger partial charge in [0.25, 0.3) is 0 Å². The Balaban J connectivity index is 2.57. The fourth-order valence-corrected chi connectivity index (χ4v) is 5.62. The molecule has 1 fully saturated rings. The molecule has 0 radical (unpaired) electrons. The van der Waals surface area contributed by atoms with Gasteiger partial charge in [0.2, 0.25) is 10.0 Å². The van der Waals surface area contributed by atoms with Crippen molar-refractivity contribution in [2.24, 2.45) is 5.92 Å². The highest BCUT2D eigenvalue weighted by Gasteiger charge is 2.55. The molecule has 1 aromatic rings. The molecule has 1 unspecified atom stereocenters. The molecule has 3 atom stereocenters. The maximum absolute atomic E-state index is 13.1. The summed E-state index contributed by atoms with van der Waals surface area (Å²) in [5.41, 5.74) is 2.34. The van der Waals surface area contributed by atoms with Gasteiger partial charge in [0.15, 0.2) is 0 Å². The zero-order valence-corrected chi connectivity index (χ0v) is 15.0. The second kappa shape index (κ2) is 5.70. The predicted octanol–water partition coefficient (Wildman–Crippen LogP) is 3.20. The van der Waals surface area contributed by atoms with Crippen LogP contribution in [0.1, 0.15) is 30.5 Å².